The van der Waals surface area contributed by atoms with Crippen LogP contribution in [-0.4, -0.2) is 9.97 Å². The number of furan rings is 1. The van der Waals surface area contributed by atoms with Crippen LogP contribution < -0.4 is 0 Å². The van der Waals surface area contributed by atoms with Crippen molar-refractivity contribution < 1.29 is 4.42 Å². The van der Waals surface area contributed by atoms with Crippen LogP contribution >= 0.6 is 0 Å². The van der Waals surface area contributed by atoms with Gasteiger partial charge in [0.25, 0.3) is 0 Å². The van der Waals surface area contributed by atoms with Crippen LogP contribution in [0.1, 0.15) is 86.5 Å². The fourth-order valence-electron chi connectivity index (χ4n) is 13.1. The third kappa shape index (κ3) is 6.03. The van der Waals surface area contributed by atoms with Gasteiger partial charge >= 0.3 is 0 Å². The first-order chi connectivity index (χ1) is 33.1. The molecule has 4 aliphatic rings. The van der Waals surface area contributed by atoms with Crippen molar-refractivity contribution >= 4 is 21.9 Å². The molecule has 0 amide bonds. The van der Waals surface area contributed by atoms with Crippen molar-refractivity contribution in [1.82, 2.24) is 9.97 Å². The molecule has 2 spiro atoms. The summed E-state index contributed by atoms with van der Waals surface area (Å²) in [5.74, 6) is 0.697. The molecule has 2 fully saturated rings. The molecule has 322 valence electrons. The molecule has 0 atom stereocenters. The van der Waals surface area contributed by atoms with Gasteiger partial charge in [-0.25, -0.2) is 9.97 Å². The van der Waals surface area contributed by atoms with E-state index in [9.17, 15) is 0 Å². The average Bonchev–Trinajstić information content (AvgIpc) is 3.99. The maximum Gasteiger partial charge on any atom is 0.160 e. The molecule has 2 heterocycles. The normalized spacial score (nSPS) is 16.3. The second-order valence-electron chi connectivity index (χ2n) is 19.8. The zero-order valence-corrected chi connectivity index (χ0v) is 37.7. The Hall–Kier alpha value is -7.36. The molecule has 2 aromatic heterocycles. The van der Waals surface area contributed by atoms with Crippen molar-refractivity contribution in [2.45, 2.75) is 75.0 Å². The second kappa shape index (κ2) is 15.1. The summed E-state index contributed by atoms with van der Waals surface area (Å²) in [5, 5.41) is 2.22. The summed E-state index contributed by atoms with van der Waals surface area (Å²) in [6.45, 7) is 0. The van der Waals surface area contributed by atoms with Gasteiger partial charge in [0.2, 0.25) is 0 Å². The molecule has 8 aromatic carbocycles. The van der Waals surface area contributed by atoms with Crippen LogP contribution in [0.3, 0.4) is 0 Å². The molecular weight excluding hydrogens is 813 g/mol. The maximum atomic E-state index is 6.32. The predicted octanol–water partition coefficient (Wildman–Crippen LogP) is 17.2. The first-order valence-corrected chi connectivity index (χ1v) is 24.6. The van der Waals surface area contributed by atoms with Crippen LogP contribution in [0, 0.1) is 0 Å². The largest absolute Gasteiger partial charge is 0.456 e. The number of hydrogen-bond donors (Lipinski definition) is 0. The highest BCUT2D eigenvalue weighted by Crippen LogP contribution is 2.62. The lowest BCUT2D eigenvalue weighted by Gasteiger charge is -2.37. The van der Waals surface area contributed by atoms with Crippen LogP contribution in [-0.2, 0) is 10.8 Å². The lowest BCUT2D eigenvalue weighted by Crippen LogP contribution is -2.29. The molecule has 4 aliphatic carbocycles. The fourth-order valence-corrected chi connectivity index (χ4v) is 13.1. The molecule has 10 aromatic rings. The summed E-state index contributed by atoms with van der Waals surface area (Å²) in [4.78, 5) is 10.4. The van der Waals surface area contributed by atoms with E-state index < -0.39 is 0 Å². The summed E-state index contributed by atoms with van der Waals surface area (Å²) < 4.78 is 6.32. The van der Waals surface area contributed by atoms with Gasteiger partial charge in [0, 0.05) is 38.3 Å². The van der Waals surface area contributed by atoms with E-state index in [4.69, 9.17) is 14.4 Å². The van der Waals surface area contributed by atoms with Crippen molar-refractivity contribution in [2.24, 2.45) is 0 Å². The van der Waals surface area contributed by atoms with E-state index in [1.54, 1.807) is 22.3 Å². The highest BCUT2D eigenvalue weighted by molar-refractivity contribution is 6.06. The van der Waals surface area contributed by atoms with Gasteiger partial charge in [0.15, 0.2) is 5.82 Å². The summed E-state index contributed by atoms with van der Waals surface area (Å²) in [5.41, 5.74) is 23.9. The molecule has 14 rings (SSSR count). The minimum atomic E-state index is 0.0595. The molecule has 3 nitrogen and oxygen atoms in total. The number of para-hydroxylation sites is 1. The molecule has 2 saturated carbocycles. The van der Waals surface area contributed by atoms with E-state index in [1.165, 1.54) is 103 Å². The SMILES string of the molecule is c1ccc(-c2nc(-c3cccc(-c4cccc(-c5ccc6c(c5)C5(CCCCC5)c5cc7c(cc5-6)C5(CCCCC5)c5ccccc5-7)c4)c3)cc(-c3ccc4c(c3)oc3ccccc34)n2)cc1. The summed E-state index contributed by atoms with van der Waals surface area (Å²) in [7, 11) is 0. The topological polar surface area (TPSA) is 38.9 Å². The van der Waals surface area contributed by atoms with Crippen LogP contribution in [0.25, 0.3) is 100 Å². The standard InChI is InChI=1S/C64H50N2O/c1-4-16-41(17-5-1)62-65-58(40-59(66-62)47-27-29-51-50-23-7-9-25-60(50)67-61(51)37-47)46-21-15-20-44(35-46)42-18-14-19-43(34-42)45-26-28-49-53-39-56-52(38-57(53)64(55(49)36-45)32-12-3-13-33-64)48-22-6-8-24-54(48)63(56)30-10-2-11-31-63/h1,4-9,14-29,34-40H,2-3,10-13,30-33H2. The number of benzene rings is 8. The summed E-state index contributed by atoms with van der Waals surface area (Å²) in [6, 6.07) is 67.3. The van der Waals surface area contributed by atoms with E-state index in [-0.39, 0.29) is 10.8 Å². The molecular formula is C64H50N2O. The molecule has 0 radical (unpaired) electrons. The molecule has 0 N–H and O–H groups in total. The first-order valence-electron chi connectivity index (χ1n) is 24.6. The Morgan fingerprint density at radius 2 is 0.821 bits per heavy atom. The third-order valence-electron chi connectivity index (χ3n) is 16.3. The van der Waals surface area contributed by atoms with Crippen molar-refractivity contribution in [3.63, 3.8) is 0 Å². The highest BCUT2D eigenvalue weighted by Gasteiger charge is 2.49. The van der Waals surface area contributed by atoms with Crippen molar-refractivity contribution in [3.05, 3.63) is 204 Å². The fraction of sp³-hybridized carbons (Fsp3) is 0.188. The summed E-state index contributed by atoms with van der Waals surface area (Å²) >= 11 is 0. The van der Waals surface area contributed by atoms with E-state index in [2.05, 4.69) is 152 Å². The monoisotopic (exact) mass is 862 g/mol. The molecule has 0 aliphatic heterocycles. The Morgan fingerprint density at radius 1 is 0.313 bits per heavy atom. The van der Waals surface area contributed by atoms with Gasteiger partial charge in [0.05, 0.1) is 11.4 Å². The zero-order valence-electron chi connectivity index (χ0n) is 37.7. The number of hydrogen-bond acceptors (Lipinski definition) is 3. The van der Waals surface area contributed by atoms with E-state index in [0.29, 0.717) is 5.82 Å². The lowest BCUT2D eigenvalue weighted by molar-refractivity contribution is 0.350. The maximum absolute atomic E-state index is 6.32. The van der Waals surface area contributed by atoms with E-state index in [0.717, 1.165) is 55.6 Å². The van der Waals surface area contributed by atoms with Gasteiger partial charge in [0.1, 0.15) is 11.2 Å². The van der Waals surface area contributed by atoms with E-state index >= 15 is 0 Å². The average molecular weight is 863 g/mol. The second-order valence-corrected chi connectivity index (χ2v) is 19.8. The Morgan fingerprint density at radius 3 is 1.54 bits per heavy atom. The zero-order chi connectivity index (χ0) is 44.1. The predicted molar refractivity (Wildman–Crippen MR) is 275 cm³/mol. The van der Waals surface area contributed by atoms with Crippen molar-refractivity contribution in [1.29, 1.82) is 0 Å². The van der Waals surface area contributed by atoms with Gasteiger partial charge in [-0.15, -0.1) is 0 Å². The summed E-state index contributed by atoms with van der Waals surface area (Å²) in [6.07, 6.45) is 12.9. The number of aromatic nitrogens is 2. The van der Waals surface area contributed by atoms with Crippen LogP contribution in [0.15, 0.2) is 186 Å². The minimum absolute atomic E-state index is 0.0595. The Kier molecular flexibility index (Phi) is 8.75. The van der Waals surface area contributed by atoms with Gasteiger partial charge < -0.3 is 4.42 Å². The Labute approximate surface area is 392 Å². The quantitative estimate of drug-likeness (QED) is 0.173. The molecule has 0 unspecified atom stereocenters. The van der Waals surface area contributed by atoms with Gasteiger partial charge in [-0.05, 0) is 147 Å². The highest BCUT2D eigenvalue weighted by atomic mass is 16.3. The van der Waals surface area contributed by atoms with Crippen molar-refractivity contribution in [2.75, 3.05) is 0 Å². The van der Waals surface area contributed by atoms with Crippen LogP contribution in [0.5, 0.6) is 0 Å². The minimum Gasteiger partial charge on any atom is -0.456 e. The van der Waals surface area contributed by atoms with Crippen LogP contribution in [0.2, 0.25) is 0 Å². The number of nitrogens with zero attached hydrogens (tertiary/aromatic N) is 2. The number of fused-ring (bicyclic) bond motifs is 13. The van der Waals surface area contributed by atoms with Gasteiger partial charge in [-0.1, -0.05) is 166 Å². The Bertz CT molecular complexity index is 3600. The molecule has 0 saturated heterocycles. The van der Waals surface area contributed by atoms with E-state index in [1.807, 2.05) is 30.3 Å². The third-order valence-corrected chi connectivity index (χ3v) is 16.3. The van der Waals surface area contributed by atoms with Crippen molar-refractivity contribution in [3.8, 4) is 78.4 Å². The Balaban J connectivity index is 0.841. The lowest BCUT2D eigenvalue weighted by atomic mass is 9.66. The smallest absolute Gasteiger partial charge is 0.160 e. The molecule has 0 bridgehead atoms. The van der Waals surface area contributed by atoms with Gasteiger partial charge in [-0.2, -0.15) is 0 Å². The first kappa shape index (κ1) is 38.9. The molecule has 3 heteroatoms. The van der Waals surface area contributed by atoms with Crippen LogP contribution in [0.4, 0.5) is 0 Å². The van der Waals surface area contributed by atoms with Gasteiger partial charge in [-0.3, -0.25) is 0 Å². The number of rotatable bonds is 5. The molecule has 67 heavy (non-hydrogen) atoms.